The number of aliphatic hydroxyl groups is 1. The summed E-state index contributed by atoms with van der Waals surface area (Å²) in [6, 6.07) is 0. The zero-order valence-corrected chi connectivity index (χ0v) is 11.7. The molecule has 1 aromatic heterocycles. The third-order valence-corrected chi connectivity index (χ3v) is 3.15. The molecular weight excluding hydrogens is 242 g/mol. The molecule has 6 heteroatoms. The van der Waals surface area contributed by atoms with Crippen molar-refractivity contribution >= 4 is 5.96 Å². The molecule has 1 atom stereocenters. The molecule has 2 heterocycles. The standard InChI is InChI=1S/C13H23N5O/c1-3-14-13(17-6-4-12(19)10-17)15-5-7-18-9-11(2)8-16-18/h8-9,12,19H,3-7,10H2,1-2H3,(H,14,15)/t12-/m1/s1. The summed E-state index contributed by atoms with van der Waals surface area (Å²) in [7, 11) is 0. The number of hydrogen-bond donors (Lipinski definition) is 2. The first-order valence-corrected chi connectivity index (χ1v) is 6.89. The number of guanidine groups is 1. The van der Waals surface area contributed by atoms with Gasteiger partial charge in [0.05, 0.1) is 25.4 Å². The van der Waals surface area contributed by atoms with Crippen LogP contribution in [0.5, 0.6) is 0 Å². The highest BCUT2D eigenvalue weighted by atomic mass is 16.3. The van der Waals surface area contributed by atoms with Crippen molar-refractivity contribution in [1.82, 2.24) is 20.0 Å². The molecule has 19 heavy (non-hydrogen) atoms. The van der Waals surface area contributed by atoms with E-state index in [0.717, 1.165) is 32.0 Å². The van der Waals surface area contributed by atoms with E-state index in [4.69, 9.17) is 0 Å². The lowest BCUT2D eigenvalue weighted by Gasteiger charge is -2.20. The molecule has 106 valence electrons. The van der Waals surface area contributed by atoms with E-state index in [1.165, 1.54) is 5.56 Å². The first-order chi connectivity index (χ1) is 9.19. The smallest absolute Gasteiger partial charge is 0.194 e. The number of aliphatic hydroxyl groups excluding tert-OH is 1. The largest absolute Gasteiger partial charge is 0.391 e. The fraction of sp³-hybridized carbons (Fsp3) is 0.692. The van der Waals surface area contributed by atoms with Crippen molar-refractivity contribution in [3.8, 4) is 0 Å². The van der Waals surface area contributed by atoms with Gasteiger partial charge in [-0.05, 0) is 25.8 Å². The second-order valence-corrected chi connectivity index (χ2v) is 4.90. The molecule has 1 aliphatic rings. The number of nitrogens with zero attached hydrogens (tertiary/aromatic N) is 4. The van der Waals surface area contributed by atoms with Crippen LogP contribution in [0.1, 0.15) is 18.9 Å². The molecule has 0 saturated carbocycles. The maximum Gasteiger partial charge on any atom is 0.194 e. The predicted molar refractivity (Wildman–Crippen MR) is 75.1 cm³/mol. The molecular formula is C13H23N5O. The Morgan fingerprint density at radius 1 is 1.63 bits per heavy atom. The normalized spacial score (nSPS) is 20.1. The van der Waals surface area contributed by atoms with Gasteiger partial charge in [-0.3, -0.25) is 9.67 Å². The summed E-state index contributed by atoms with van der Waals surface area (Å²) in [5.41, 5.74) is 1.17. The van der Waals surface area contributed by atoms with E-state index < -0.39 is 0 Å². The molecule has 1 saturated heterocycles. The van der Waals surface area contributed by atoms with Crippen LogP contribution in [0.15, 0.2) is 17.4 Å². The zero-order chi connectivity index (χ0) is 13.7. The van der Waals surface area contributed by atoms with Crippen LogP contribution in [0, 0.1) is 6.92 Å². The average Bonchev–Trinajstić information content (AvgIpc) is 2.97. The van der Waals surface area contributed by atoms with Gasteiger partial charge in [-0.1, -0.05) is 0 Å². The van der Waals surface area contributed by atoms with Gasteiger partial charge in [0.1, 0.15) is 0 Å². The highest BCUT2D eigenvalue weighted by molar-refractivity contribution is 5.80. The summed E-state index contributed by atoms with van der Waals surface area (Å²) in [5.74, 6) is 0.892. The van der Waals surface area contributed by atoms with Gasteiger partial charge in [-0.25, -0.2) is 0 Å². The molecule has 0 radical (unpaired) electrons. The summed E-state index contributed by atoms with van der Waals surface area (Å²) in [5, 5.41) is 17.1. The second kappa shape index (κ2) is 6.56. The Bertz CT molecular complexity index is 428. The molecule has 2 N–H and O–H groups in total. The number of aryl methyl sites for hydroxylation is 1. The summed E-state index contributed by atoms with van der Waals surface area (Å²) in [4.78, 5) is 6.71. The van der Waals surface area contributed by atoms with Crippen molar-refractivity contribution in [3.05, 3.63) is 18.0 Å². The molecule has 0 unspecified atom stereocenters. The van der Waals surface area contributed by atoms with Crippen LogP contribution >= 0.6 is 0 Å². The Labute approximate surface area is 114 Å². The van der Waals surface area contributed by atoms with Crippen molar-refractivity contribution < 1.29 is 5.11 Å². The number of β-amino-alcohol motifs (C(OH)–C–C–N with tert-alkyl or cyclic N) is 1. The van der Waals surface area contributed by atoms with E-state index in [1.54, 1.807) is 0 Å². The highest BCUT2D eigenvalue weighted by Crippen LogP contribution is 2.08. The Balaban J connectivity index is 1.89. The minimum Gasteiger partial charge on any atom is -0.391 e. The molecule has 1 aromatic rings. The Hall–Kier alpha value is -1.56. The first-order valence-electron chi connectivity index (χ1n) is 6.89. The molecule has 0 aliphatic carbocycles. The van der Waals surface area contributed by atoms with E-state index >= 15 is 0 Å². The van der Waals surface area contributed by atoms with Crippen molar-refractivity contribution in [2.75, 3.05) is 26.2 Å². The molecule has 0 bridgehead atoms. The quantitative estimate of drug-likeness (QED) is 0.604. The SMILES string of the molecule is CCNC(=NCCn1cc(C)cn1)N1CC[C@@H](O)C1. The van der Waals surface area contributed by atoms with Crippen molar-refractivity contribution in [1.29, 1.82) is 0 Å². The fourth-order valence-corrected chi connectivity index (χ4v) is 2.21. The van der Waals surface area contributed by atoms with Gasteiger partial charge < -0.3 is 15.3 Å². The van der Waals surface area contributed by atoms with E-state index in [0.29, 0.717) is 13.1 Å². The third kappa shape index (κ3) is 3.96. The third-order valence-electron chi connectivity index (χ3n) is 3.15. The molecule has 2 rings (SSSR count). The van der Waals surface area contributed by atoms with Crippen LogP contribution in [-0.2, 0) is 6.54 Å². The van der Waals surface area contributed by atoms with Gasteiger partial charge >= 0.3 is 0 Å². The Kier molecular flexibility index (Phi) is 4.79. The predicted octanol–water partition coefficient (Wildman–Crippen LogP) is 0.224. The fourth-order valence-electron chi connectivity index (χ4n) is 2.21. The summed E-state index contributed by atoms with van der Waals surface area (Å²) in [6.07, 6.45) is 4.47. The van der Waals surface area contributed by atoms with Crippen LogP contribution in [0.25, 0.3) is 0 Å². The minimum atomic E-state index is -0.224. The summed E-state index contributed by atoms with van der Waals surface area (Å²) < 4.78 is 1.90. The van der Waals surface area contributed by atoms with Gasteiger partial charge in [0.2, 0.25) is 0 Å². The van der Waals surface area contributed by atoms with Crippen molar-refractivity contribution in [2.45, 2.75) is 32.9 Å². The Morgan fingerprint density at radius 2 is 2.47 bits per heavy atom. The van der Waals surface area contributed by atoms with Crippen LogP contribution in [-0.4, -0.2) is 58.0 Å². The topological polar surface area (TPSA) is 65.7 Å². The summed E-state index contributed by atoms with van der Waals surface area (Å²) in [6.45, 7) is 7.93. The first kappa shape index (κ1) is 13.9. The van der Waals surface area contributed by atoms with Crippen molar-refractivity contribution in [3.63, 3.8) is 0 Å². The van der Waals surface area contributed by atoms with E-state index in [-0.39, 0.29) is 6.10 Å². The second-order valence-electron chi connectivity index (χ2n) is 4.90. The molecule has 0 amide bonds. The monoisotopic (exact) mass is 265 g/mol. The number of likely N-dealkylation sites (tertiary alicyclic amines) is 1. The lowest BCUT2D eigenvalue weighted by atomic mass is 10.3. The number of hydrogen-bond acceptors (Lipinski definition) is 3. The number of nitrogens with one attached hydrogen (secondary N) is 1. The average molecular weight is 265 g/mol. The molecule has 1 aliphatic heterocycles. The van der Waals surface area contributed by atoms with Gasteiger partial charge in [0, 0.05) is 25.8 Å². The molecule has 0 aromatic carbocycles. The maximum absolute atomic E-state index is 9.58. The van der Waals surface area contributed by atoms with E-state index in [9.17, 15) is 5.11 Å². The van der Waals surface area contributed by atoms with Crippen LogP contribution in [0.2, 0.25) is 0 Å². The highest BCUT2D eigenvalue weighted by Gasteiger charge is 2.22. The van der Waals surface area contributed by atoms with Gasteiger partial charge in [-0.2, -0.15) is 5.10 Å². The van der Waals surface area contributed by atoms with Crippen LogP contribution in [0.3, 0.4) is 0 Å². The van der Waals surface area contributed by atoms with Gasteiger partial charge in [0.25, 0.3) is 0 Å². The molecule has 1 fully saturated rings. The van der Waals surface area contributed by atoms with E-state index in [1.807, 2.05) is 24.0 Å². The Morgan fingerprint density at radius 3 is 3.05 bits per heavy atom. The van der Waals surface area contributed by atoms with Crippen LogP contribution < -0.4 is 5.32 Å². The van der Waals surface area contributed by atoms with E-state index in [2.05, 4.69) is 27.2 Å². The van der Waals surface area contributed by atoms with Gasteiger partial charge in [0.15, 0.2) is 5.96 Å². The number of aromatic nitrogens is 2. The van der Waals surface area contributed by atoms with Crippen molar-refractivity contribution in [2.24, 2.45) is 4.99 Å². The lowest BCUT2D eigenvalue weighted by molar-refractivity contribution is 0.188. The zero-order valence-electron chi connectivity index (χ0n) is 11.7. The number of aliphatic imine (C=N–C) groups is 1. The van der Waals surface area contributed by atoms with Gasteiger partial charge in [-0.15, -0.1) is 0 Å². The molecule has 6 nitrogen and oxygen atoms in total. The maximum atomic E-state index is 9.58. The molecule has 0 spiro atoms. The minimum absolute atomic E-state index is 0.224. The number of rotatable bonds is 4. The van der Waals surface area contributed by atoms with Crippen LogP contribution in [0.4, 0.5) is 0 Å². The lowest BCUT2D eigenvalue weighted by Crippen LogP contribution is -2.40. The summed E-state index contributed by atoms with van der Waals surface area (Å²) >= 11 is 0.